The van der Waals surface area contributed by atoms with Crippen molar-refractivity contribution in [1.82, 2.24) is 10.2 Å². The molecule has 0 spiro atoms. The minimum atomic E-state index is -4.36. The van der Waals surface area contributed by atoms with Crippen molar-refractivity contribution in [3.63, 3.8) is 0 Å². The minimum Gasteiger partial charge on any atom is -0.492 e. The Morgan fingerprint density at radius 1 is 1.33 bits per heavy atom. The number of halogens is 4. The molecule has 154 valence electrons. The molecule has 0 aromatic heterocycles. The van der Waals surface area contributed by atoms with Crippen LogP contribution in [0.1, 0.15) is 25.8 Å². The number of piperidine rings is 1. The van der Waals surface area contributed by atoms with E-state index in [1.54, 1.807) is 0 Å². The molecule has 1 fully saturated rings. The molecule has 0 radical (unpaired) electrons. The molecule has 1 heterocycles. The zero-order valence-corrected chi connectivity index (χ0v) is 16.3. The highest BCUT2D eigenvalue weighted by Crippen LogP contribution is 2.30. The van der Waals surface area contributed by atoms with Crippen molar-refractivity contribution in [3.8, 4) is 5.75 Å². The van der Waals surface area contributed by atoms with Crippen molar-refractivity contribution < 1.29 is 22.7 Å². The number of carbonyl (C=O) groups excluding carboxylic acids is 1. The fraction of sp³-hybridized carbons (Fsp3) is 0.611. The summed E-state index contributed by atoms with van der Waals surface area (Å²) < 4.78 is 42.8. The number of rotatable bonds is 6. The first-order chi connectivity index (χ1) is 12.1. The third kappa shape index (κ3) is 7.20. The summed E-state index contributed by atoms with van der Waals surface area (Å²) in [5.74, 6) is 0.228. The van der Waals surface area contributed by atoms with Crippen molar-refractivity contribution in [2.24, 2.45) is 11.1 Å². The van der Waals surface area contributed by atoms with Crippen LogP contribution in [0, 0.1) is 5.41 Å². The van der Waals surface area contributed by atoms with Gasteiger partial charge in [0.05, 0.1) is 18.7 Å². The van der Waals surface area contributed by atoms with E-state index in [4.69, 9.17) is 10.5 Å². The van der Waals surface area contributed by atoms with Gasteiger partial charge in [0.25, 0.3) is 0 Å². The number of nitrogens with one attached hydrogen (secondary N) is 1. The first kappa shape index (κ1) is 23.5. The van der Waals surface area contributed by atoms with E-state index in [9.17, 15) is 18.0 Å². The van der Waals surface area contributed by atoms with E-state index in [-0.39, 0.29) is 42.9 Å². The van der Waals surface area contributed by atoms with Crippen LogP contribution in [0.3, 0.4) is 0 Å². The fourth-order valence-corrected chi connectivity index (χ4v) is 2.98. The zero-order valence-electron chi connectivity index (χ0n) is 15.5. The van der Waals surface area contributed by atoms with Crippen LogP contribution in [0.5, 0.6) is 5.75 Å². The highest BCUT2D eigenvalue weighted by molar-refractivity contribution is 5.85. The summed E-state index contributed by atoms with van der Waals surface area (Å²) in [7, 11) is 0. The summed E-state index contributed by atoms with van der Waals surface area (Å²) in [5.41, 5.74) is 5.34. The summed E-state index contributed by atoms with van der Waals surface area (Å²) in [4.78, 5) is 14.1. The number of nitrogens with two attached hydrogens (primary N) is 1. The maximum Gasteiger partial charge on any atom is 0.416 e. The number of benzene rings is 1. The van der Waals surface area contributed by atoms with E-state index in [2.05, 4.69) is 24.1 Å². The molecule has 1 aromatic carbocycles. The van der Waals surface area contributed by atoms with Gasteiger partial charge in [0.15, 0.2) is 0 Å². The van der Waals surface area contributed by atoms with Gasteiger partial charge >= 0.3 is 6.18 Å². The molecule has 9 heteroatoms. The van der Waals surface area contributed by atoms with Crippen LogP contribution in [-0.4, -0.2) is 49.6 Å². The molecule has 0 saturated carbocycles. The number of carbonyl (C=O) groups is 1. The molecule has 3 N–H and O–H groups in total. The lowest BCUT2D eigenvalue weighted by Gasteiger charge is -2.42. The standard InChI is InChI=1S/C18H26F3N3O2.ClH/c1-17(2)12-24(9-7-15(17)22)11-16(25)23-8-10-26-14-5-3-13(4-6-14)18(19,20)21;/h3-6,15H,7-12,22H2,1-2H3,(H,23,25);1H. The SMILES string of the molecule is CC1(C)CN(CC(=O)NCCOc2ccc(C(F)(F)F)cc2)CCC1N.Cl. The summed E-state index contributed by atoms with van der Waals surface area (Å²) >= 11 is 0. The molecular weight excluding hydrogens is 383 g/mol. The Bertz CT molecular complexity index is 609. The smallest absolute Gasteiger partial charge is 0.416 e. The quantitative estimate of drug-likeness (QED) is 0.709. The first-order valence-corrected chi connectivity index (χ1v) is 8.62. The third-order valence-electron chi connectivity index (χ3n) is 4.63. The Labute approximate surface area is 163 Å². The largest absolute Gasteiger partial charge is 0.492 e. The van der Waals surface area contributed by atoms with Gasteiger partial charge in [-0.05, 0) is 36.1 Å². The Balaban J connectivity index is 0.00000364. The van der Waals surface area contributed by atoms with Gasteiger partial charge in [-0.1, -0.05) is 13.8 Å². The molecule has 2 rings (SSSR count). The molecule has 1 amide bonds. The maximum absolute atomic E-state index is 12.5. The van der Waals surface area contributed by atoms with Gasteiger partial charge in [0.1, 0.15) is 12.4 Å². The van der Waals surface area contributed by atoms with E-state index in [0.717, 1.165) is 31.6 Å². The topological polar surface area (TPSA) is 67.6 Å². The summed E-state index contributed by atoms with van der Waals surface area (Å²) in [6.07, 6.45) is -3.50. The summed E-state index contributed by atoms with van der Waals surface area (Å²) in [5, 5.41) is 2.76. The lowest BCUT2D eigenvalue weighted by atomic mass is 9.80. The van der Waals surface area contributed by atoms with E-state index in [1.807, 2.05) is 0 Å². The van der Waals surface area contributed by atoms with Crippen LogP contribution in [0.15, 0.2) is 24.3 Å². The number of amides is 1. The van der Waals surface area contributed by atoms with E-state index >= 15 is 0 Å². The van der Waals surface area contributed by atoms with Crippen molar-refractivity contribution >= 4 is 18.3 Å². The van der Waals surface area contributed by atoms with Crippen LogP contribution < -0.4 is 15.8 Å². The van der Waals surface area contributed by atoms with E-state index in [1.165, 1.54) is 12.1 Å². The van der Waals surface area contributed by atoms with E-state index < -0.39 is 11.7 Å². The van der Waals surface area contributed by atoms with Gasteiger partial charge < -0.3 is 15.8 Å². The number of alkyl halides is 3. The molecule has 1 atom stereocenters. The number of ether oxygens (including phenoxy) is 1. The summed E-state index contributed by atoms with van der Waals surface area (Å²) in [6.45, 7) is 6.53. The van der Waals surface area contributed by atoms with Crippen LogP contribution in [0.4, 0.5) is 13.2 Å². The molecule has 5 nitrogen and oxygen atoms in total. The number of hydrogen-bond donors (Lipinski definition) is 2. The number of likely N-dealkylation sites (tertiary alicyclic amines) is 1. The predicted octanol–water partition coefficient (Wildman–Crippen LogP) is 2.68. The maximum atomic E-state index is 12.5. The lowest BCUT2D eigenvalue weighted by molar-refractivity contribution is -0.137. The lowest BCUT2D eigenvalue weighted by Crippen LogP contribution is -2.54. The van der Waals surface area contributed by atoms with Gasteiger partial charge in [-0.2, -0.15) is 13.2 Å². The first-order valence-electron chi connectivity index (χ1n) is 8.62. The van der Waals surface area contributed by atoms with Gasteiger partial charge in [0, 0.05) is 19.1 Å². The molecule has 1 saturated heterocycles. The Hall–Kier alpha value is -1.51. The highest BCUT2D eigenvalue weighted by Gasteiger charge is 2.33. The van der Waals surface area contributed by atoms with Gasteiger partial charge in [0.2, 0.25) is 5.91 Å². The molecule has 1 aliphatic rings. The third-order valence-corrected chi connectivity index (χ3v) is 4.63. The highest BCUT2D eigenvalue weighted by atomic mass is 35.5. The zero-order chi connectivity index (χ0) is 19.4. The molecular formula is C18H27ClF3N3O2. The van der Waals surface area contributed by atoms with Gasteiger partial charge in [-0.25, -0.2) is 0 Å². The second-order valence-electron chi connectivity index (χ2n) is 7.31. The van der Waals surface area contributed by atoms with Crippen molar-refractivity contribution in [3.05, 3.63) is 29.8 Å². The Morgan fingerprint density at radius 2 is 1.96 bits per heavy atom. The Kier molecular flexibility index (Phi) is 8.38. The average molecular weight is 410 g/mol. The van der Waals surface area contributed by atoms with Crippen LogP contribution in [0.25, 0.3) is 0 Å². The second kappa shape index (κ2) is 9.61. The molecule has 1 aliphatic heterocycles. The van der Waals surface area contributed by atoms with Crippen LogP contribution in [-0.2, 0) is 11.0 Å². The molecule has 0 aliphatic carbocycles. The van der Waals surface area contributed by atoms with Gasteiger partial charge in [-0.15, -0.1) is 12.4 Å². The van der Waals surface area contributed by atoms with Gasteiger partial charge in [-0.3, -0.25) is 9.69 Å². The van der Waals surface area contributed by atoms with Crippen LogP contribution >= 0.6 is 12.4 Å². The van der Waals surface area contributed by atoms with E-state index in [0.29, 0.717) is 12.3 Å². The molecule has 0 bridgehead atoms. The molecule has 1 unspecified atom stereocenters. The van der Waals surface area contributed by atoms with Crippen LogP contribution in [0.2, 0.25) is 0 Å². The predicted molar refractivity (Wildman–Crippen MR) is 100 cm³/mol. The van der Waals surface area contributed by atoms with Crippen molar-refractivity contribution in [2.45, 2.75) is 32.5 Å². The second-order valence-corrected chi connectivity index (χ2v) is 7.31. The summed E-state index contributed by atoms with van der Waals surface area (Å²) in [6, 6.07) is 4.61. The number of hydrogen-bond acceptors (Lipinski definition) is 4. The molecule has 27 heavy (non-hydrogen) atoms. The molecule has 1 aromatic rings. The minimum absolute atomic E-state index is 0. The Morgan fingerprint density at radius 3 is 2.52 bits per heavy atom. The normalized spacial score (nSPS) is 19.9. The van der Waals surface area contributed by atoms with Crippen molar-refractivity contribution in [2.75, 3.05) is 32.8 Å². The average Bonchev–Trinajstić information content (AvgIpc) is 2.54. The monoisotopic (exact) mass is 409 g/mol. The fourth-order valence-electron chi connectivity index (χ4n) is 2.98. The number of nitrogens with zero attached hydrogens (tertiary/aromatic N) is 1. The van der Waals surface area contributed by atoms with Crippen molar-refractivity contribution in [1.29, 1.82) is 0 Å².